The zero-order valence-corrected chi connectivity index (χ0v) is 10.1. The smallest absolute Gasteiger partial charge is 0.338 e. The van der Waals surface area contributed by atoms with Gasteiger partial charge in [0, 0.05) is 12.2 Å². The van der Waals surface area contributed by atoms with Crippen LogP contribution in [0.4, 0.5) is 0 Å². The first kappa shape index (κ1) is 11.5. The average molecular weight is 233 g/mol. The van der Waals surface area contributed by atoms with Crippen molar-refractivity contribution >= 4 is 16.9 Å². The maximum absolute atomic E-state index is 11.6. The van der Waals surface area contributed by atoms with Gasteiger partial charge in [-0.05, 0) is 26.0 Å². The molecule has 0 atom stereocenters. The van der Waals surface area contributed by atoms with Crippen molar-refractivity contribution in [1.29, 1.82) is 0 Å². The zero-order chi connectivity index (χ0) is 12.6. The van der Waals surface area contributed by atoms with Gasteiger partial charge < -0.3 is 14.4 Å². The predicted octanol–water partition coefficient (Wildman–Crippen LogP) is 2.71. The molecule has 2 aromatic rings. The van der Waals surface area contributed by atoms with Crippen molar-refractivity contribution in [3.05, 3.63) is 30.0 Å². The molecule has 4 nitrogen and oxygen atoms in total. The molecule has 17 heavy (non-hydrogen) atoms. The maximum atomic E-state index is 11.6. The summed E-state index contributed by atoms with van der Waals surface area (Å²) in [6, 6.07) is 5.53. The van der Waals surface area contributed by atoms with E-state index in [2.05, 4.69) is 0 Å². The Labute approximate surface area is 99.4 Å². The Hall–Kier alpha value is -1.97. The third-order valence-electron chi connectivity index (χ3n) is 2.80. The molecule has 0 bridgehead atoms. The molecular weight excluding hydrogens is 218 g/mol. The number of carbonyl (C=O) groups is 1. The summed E-state index contributed by atoms with van der Waals surface area (Å²) in [5.41, 5.74) is 1.22. The maximum Gasteiger partial charge on any atom is 0.338 e. The molecule has 4 heteroatoms. The van der Waals surface area contributed by atoms with Crippen molar-refractivity contribution in [2.75, 3.05) is 7.11 Å². The molecule has 1 heterocycles. The Morgan fingerprint density at radius 3 is 2.71 bits per heavy atom. The Kier molecular flexibility index (Phi) is 2.79. The molecule has 0 aliphatic heterocycles. The van der Waals surface area contributed by atoms with Gasteiger partial charge in [-0.3, -0.25) is 0 Å². The van der Waals surface area contributed by atoms with Crippen LogP contribution in [-0.2, 0) is 4.74 Å². The molecule has 0 fully saturated rings. The molecule has 0 aliphatic carbocycles. The van der Waals surface area contributed by atoms with Crippen molar-refractivity contribution in [2.45, 2.75) is 19.9 Å². The van der Waals surface area contributed by atoms with E-state index in [1.807, 2.05) is 24.5 Å². The highest BCUT2D eigenvalue weighted by Crippen LogP contribution is 2.32. The predicted molar refractivity (Wildman–Crippen MR) is 65.3 cm³/mol. The number of hydrogen-bond donors (Lipinski definition) is 1. The van der Waals surface area contributed by atoms with E-state index in [0.717, 1.165) is 5.52 Å². The van der Waals surface area contributed by atoms with Gasteiger partial charge in [-0.1, -0.05) is 6.07 Å². The summed E-state index contributed by atoms with van der Waals surface area (Å²) in [6.45, 7) is 4.04. The number of hydrogen-bond acceptors (Lipinski definition) is 3. The number of aromatic nitrogens is 1. The van der Waals surface area contributed by atoms with E-state index in [1.54, 1.807) is 18.3 Å². The third-order valence-corrected chi connectivity index (χ3v) is 2.80. The van der Waals surface area contributed by atoms with Crippen LogP contribution in [0, 0.1) is 0 Å². The number of benzene rings is 1. The molecule has 0 unspecified atom stereocenters. The van der Waals surface area contributed by atoms with Crippen LogP contribution in [0.3, 0.4) is 0 Å². The number of fused-ring (bicyclic) bond motifs is 1. The summed E-state index contributed by atoms with van der Waals surface area (Å²) in [5.74, 6) is -0.331. The highest BCUT2D eigenvalue weighted by molar-refractivity contribution is 6.06. The van der Waals surface area contributed by atoms with E-state index in [4.69, 9.17) is 4.74 Å². The zero-order valence-electron chi connectivity index (χ0n) is 10.1. The first-order chi connectivity index (χ1) is 8.06. The minimum Gasteiger partial charge on any atom is -0.506 e. The molecule has 1 aromatic carbocycles. The van der Waals surface area contributed by atoms with E-state index in [9.17, 15) is 9.90 Å². The SMILES string of the molecule is COC(=O)c1cccc2c1c(O)cn2C(C)C. The second kappa shape index (κ2) is 4.13. The fraction of sp³-hybridized carbons (Fsp3) is 0.308. The molecule has 1 aromatic heterocycles. The Bertz CT molecular complexity index is 569. The molecule has 90 valence electrons. The van der Waals surface area contributed by atoms with Crippen LogP contribution < -0.4 is 0 Å². The lowest BCUT2D eigenvalue weighted by Crippen LogP contribution is -2.02. The van der Waals surface area contributed by atoms with Crippen LogP contribution in [0.25, 0.3) is 10.9 Å². The quantitative estimate of drug-likeness (QED) is 0.811. The largest absolute Gasteiger partial charge is 0.506 e. The Balaban J connectivity index is 2.77. The van der Waals surface area contributed by atoms with Gasteiger partial charge in [0.2, 0.25) is 0 Å². The van der Waals surface area contributed by atoms with E-state index >= 15 is 0 Å². The van der Waals surface area contributed by atoms with E-state index in [-0.39, 0.29) is 11.8 Å². The standard InChI is InChI=1S/C13H15NO3/c1-8(2)14-7-11(15)12-9(13(16)17-3)5-4-6-10(12)14/h4-8,15H,1-3H3. The minimum atomic E-state index is -0.438. The molecule has 0 aliphatic rings. The van der Waals surface area contributed by atoms with E-state index in [1.165, 1.54) is 7.11 Å². The van der Waals surface area contributed by atoms with Gasteiger partial charge in [-0.2, -0.15) is 0 Å². The average Bonchev–Trinajstić information content (AvgIpc) is 2.66. The molecule has 0 amide bonds. The van der Waals surface area contributed by atoms with Crippen LogP contribution in [-0.4, -0.2) is 22.8 Å². The van der Waals surface area contributed by atoms with Gasteiger partial charge in [0.25, 0.3) is 0 Å². The normalized spacial score (nSPS) is 11.1. The van der Waals surface area contributed by atoms with Crippen LogP contribution in [0.15, 0.2) is 24.4 Å². The lowest BCUT2D eigenvalue weighted by atomic mass is 10.1. The monoisotopic (exact) mass is 233 g/mol. The van der Waals surface area contributed by atoms with Gasteiger partial charge in [0.1, 0.15) is 5.75 Å². The Morgan fingerprint density at radius 2 is 2.12 bits per heavy atom. The molecule has 0 saturated carbocycles. The van der Waals surface area contributed by atoms with E-state index in [0.29, 0.717) is 10.9 Å². The summed E-state index contributed by atoms with van der Waals surface area (Å²) in [5, 5.41) is 10.5. The van der Waals surface area contributed by atoms with Crippen LogP contribution in [0.2, 0.25) is 0 Å². The fourth-order valence-electron chi connectivity index (χ4n) is 2.00. The van der Waals surface area contributed by atoms with Gasteiger partial charge in [-0.15, -0.1) is 0 Å². The van der Waals surface area contributed by atoms with Crippen molar-refractivity contribution in [3.63, 3.8) is 0 Å². The number of methoxy groups -OCH3 is 1. The van der Waals surface area contributed by atoms with Crippen LogP contribution >= 0.6 is 0 Å². The highest BCUT2D eigenvalue weighted by Gasteiger charge is 2.17. The number of nitrogens with zero attached hydrogens (tertiary/aromatic N) is 1. The number of rotatable bonds is 2. The molecule has 1 N–H and O–H groups in total. The van der Waals surface area contributed by atoms with Gasteiger partial charge in [-0.25, -0.2) is 4.79 Å². The number of aromatic hydroxyl groups is 1. The van der Waals surface area contributed by atoms with E-state index < -0.39 is 5.97 Å². The van der Waals surface area contributed by atoms with Crippen molar-refractivity contribution in [3.8, 4) is 5.75 Å². The van der Waals surface area contributed by atoms with Gasteiger partial charge in [0.05, 0.1) is 23.6 Å². The fourth-order valence-corrected chi connectivity index (χ4v) is 2.00. The van der Waals surface area contributed by atoms with Crippen molar-refractivity contribution in [2.24, 2.45) is 0 Å². The topological polar surface area (TPSA) is 51.5 Å². The molecule has 0 saturated heterocycles. The summed E-state index contributed by atoms with van der Waals surface area (Å²) in [6.07, 6.45) is 1.64. The second-order valence-corrected chi connectivity index (χ2v) is 4.21. The summed E-state index contributed by atoms with van der Waals surface area (Å²) in [7, 11) is 1.33. The number of esters is 1. The minimum absolute atomic E-state index is 0.106. The lowest BCUT2D eigenvalue weighted by Gasteiger charge is -2.09. The van der Waals surface area contributed by atoms with Crippen LogP contribution in [0.5, 0.6) is 5.75 Å². The van der Waals surface area contributed by atoms with Gasteiger partial charge >= 0.3 is 5.97 Å². The third kappa shape index (κ3) is 1.75. The highest BCUT2D eigenvalue weighted by atomic mass is 16.5. The molecular formula is C13H15NO3. The first-order valence-electron chi connectivity index (χ1n) is 5.47. The second-order valence-electron chi connectivity index (χ2n) is 4.21. The molecule has 0 spiro atoms. The molecule has 0 radical (unpaired) electrons. The summed E-state index contributed by atoms with van der Waals surface area (Å²) < 4.78 is 6.64. The summed E-state index contributed by atoms with van der Waals surface area (Å²) >= 11 is 0. The van der Waals surface area contributed by atoms with Crippen LogP contribution in [0.1, 0.15) is 30.2 Å². The van der Waals surface area contributed by atoms with Gasteiger partial charge in [0.15, 0.2) is 0 Å². The first-order valence-corrected chi connectivity index (χ1v) is 5.47. The number of carbonyl (C=O) groups excluding carboxylic acids is 1. The van der Waals surface area contributed by atoms with Crippen molar-refractivity contribution in [1.82, 2.24) is 4.57 Å². The Morgan fingerprint density at radius 1 is 1.41 bits per heavy atom. The molecule has 2 rings (SSSR count). The lowest BCUT2D eigenvalue weighted by molar-refractivity contribution is 0.0602. The summed E-state index contributed by atoms with van der Waals surface area (Å²) in [4.78, 5) is 11.6. The number of ether oxygens (including phenoxy) is 1. The van der Waals surface area contributed by atoms with Crippen molar-refractivity contribution < 1.29 is 14.6 Å².